The van der Waals surface area contributed by atoms with Crippen LogP contribution in [-0.2, 0) is 24.2 Å². The summed E-state index contributed by atoms with van der Waals surface area (Å²) in [6.07, 6.45) is 0. The first kappa shape index (κ1) is 23.6. The van der Waals surface area contributed by atoms with Crippen LogP contribution < -0.4 is 4.57 Å². The van der Waals surface area contributed by atoms with Gasteiger partial charge in [-0.1, -0.05) is 42.0 Å². The van der Waals surface area contributed by atoms with E-state index >= 15 is 0 Å². The number of aromatic nitrogens is 3. The third kappa shape index (κ3) is 5.04. The summed E-state index contributed by atoms with van der Waals surface area (Å²) in [4.78, 5) is 0.678. The number of nitrogens with zero attached hydrogens (tertiary/aromatic N) is 3. The predicted molar refractivity (Wildman–Crippen MR) is 120 cm³/mol. The third-order valence-corrected chi connectivity index (χ3v) is 6.89. The number of fused-ring (bicyclic) bond motifs is 1. The molecule has 0 fully saturated rings. The van der Waals surface area contributed by atoms with Crippen LogP contribution in [0.15, 0.2) is 69.5 Å². The van der Waals surface area contributed by atoms with Gasteiger partial charge in [-0.2, -0.15) is 0 Å². The molecule has 0 amide bonds. The second-order valence-electron chi connectivity index (χ2n) is 7.17. The van der Waals surface area contributed by atoms with Gasteiger partial charge in [-0.3, -0.25) is 0 Å². The lowest BCUT2D eigenvalue weighted by atomic mass is 10.1. The van der Waals surface area contributed by atoms with Crippen LogP contribution in [-0.4, -0.2) is 33.0 Å². The molecule has 3 aromatic carbocycles. The monoisotopic (exact) mass is 473 g/mol. The number of hydrogen-bond acceptors (Lipinski definition) is 7. The fraction of sp³-hybridized carbons (Fsp3) is 0.182. The minimum atomic E-state index is -4.27. The summed E-state index contributed by atoms with van der Waals surface area (Å²) in [5.41, 5.74) is 0.928. The molecule has 8 nitrogen and oxygen atoms in total. The molecule has 1 aromatic heterocycles. The maximum Gasteiger partial charge on any atom is 0.341 e. The molecule has 0 bridgehead atoms. The molecule has 0 aliphatic carbocycles. The van der Waals surface area contributed by atoms with E-state index in [0.717, 1.165) is 26.8 Å². The maximum absolute atomic E-state index is 10.4. The molecule has 4 rings (SSSR count). The molecule has 4 aromatic rings. The van der Waals surface area contributed by atoms with Crippen molar-refractivity contribution in [1.82, 2.24) is 9.78 Å². The Kier molecular flexibility index (Phi) is 6.77. The highest BCUT2D eigenvalue weighted by Crippen LogP contribution is 2.41. The summed E-state index contributed by atoms with van der Waals surface area (Å²) < 4.78 is 35.0. The second kappa shape index (κ2) is 9.19. The minimum absolute atomic E-state index is 0.0865. The lowest BCUT2D eigenvalue weighted by Gasteiger charge is -2.07. The lowest BCUT2D eigenvalue weighted by Crippen LogP contribution is -2.32. The minimum Gasteiger partial charge on any atom is -0.744 e. The quantitative estimate of drug-likeness (QED) is 0.266. The van der Waals surface area contributed by atoms with Crippen LogP contribution in [0.1, 0.15) is 11.4 Å². The number of aromatic hydroxyl groups is 2. The number of phenolic OH excluding ortho intramolecular Hbond substituents is 2. The zero-order valence-corrected chi connectivity index (χ0v) is 19.6. The SMILES string of the molecule is Cc1ccc(S(=O)(=O)[O-])cc1.Cc1n(C)nc(Sc2cc(O)c(O)c3ccccc23)[n+]1C. The van der Waals surface area contributed by atoms with Crippen molar-refractivity contribution in [2.24, 2.45) is 14.1 Å². The Morgan fingerprint density at radius 3 is 2.16 bits per heavy atom. The van der Waals surface area contributed by atoms with E-state index in [-0.39, 0.29) is 16.4 Å². The van der Waals surface area contributed by atoms with E-state index in [4.69, 9.17) is 0 Å². The molecule has 10 heteroatoms. The Bertz CT molecular complexity index is 1380. The van der Waals surface area contributed by atoms with Crippen molar-refractivity contribution in [3.8, 4) is 11.5 Å². The van der Waals surface area contributed by atoms with Gasteiger partial charge in [0.1, 0.15) is 10.1 Å². The second-order valence-corrected chi connectivity index (χ2v) is 9.56. The van der Waals surface area contributed by atoms with Gasteiger partial charge in [-0.05, 0) is 42.3 Å². The molecule has 0 atom stereocenters. The van der Waals surface area contributed by atoms with Crippen molar-refractivity contribution in [2.45, 2.75) is 28.8 Å². The topological polar surface area (TPSA) is 119 Å². The summed E-state index contributed by atoms with van der Waals surface area (Å²) in [5.74, 6) is 0.827. The van der Waals surface area contributed by atoms with Crippen molar-refractivity contribution >= 4 is 32.7 Å². The fourth-order valence-corrected chi connectivity index (χ4v) is 4.47. The van der Waals surface area contributed by atoms with E-state index in [0.29, 0.717) is 5.39 Å². The maximum atomic E-state index is 10.4. The van der Waals surface area contributed by atoms with Gasteiger partial charge in [0.05, 0.1) is 24.1 Å². The summed E-state index contributed by atoms with van der Waals surface area (Å²) in [7, 11) is -0.423. The van der Waals surface area contributed by atoms with Crippen LogP contribution in [0.2, 0.25) is 0 Å². The highest BCUT2D eigenvalue weighted by molar-refractivity contribution is 7.99. The Morgan fingerprint density at radius 2 is 1.62 bits per heavy atom. The molecule has 0 aliphatic rings. The molecule has 168 valence electrons. The van der Waals surface area contributed by atoms with E-state index in [1.165, 1.54) is 23.9 Å². The van der Waals surface area contributed by atoms with E-state index in [1.54, 1.807) is 24.3 Å². The largest absolute Gasteiger partial charge is 0.744 e. The smallest absolute Gasteiger partial charge is 0.341 e. The molecule has 1 heterocycles. The first-order valence-electron chi connectivity index (χ1n) is 9.52. The van der Waals surface area contributed by atoms with E-state index < -0.39 is 10.1 Å². The van der Waals surface area contributed by atoms with Gasteiger partial charge in [0.25, 0.3) is 0 Å². The molecule has 2 N–H and O–H groups in total. The molecule has 0 aliphatic heterocycles. The summed E-state index contributed by atoms with van der Waals surface area (Å²) in [6.45, 7) is 3.81. The number of hydrogen-bond donors (Lipinski definition) is 2. The summed E-state index contributed by atoms with van der Waals surface area (Å²) in [6, 6.07) is 14.8. The van der Waals surface area contributed by atoms with Crippen molar-refractivity contribution < 1.29 is 27.8 Å². The lowest BCUT2D eigenvalue weighted by molar-refractivity contribution is -0.715. The van der Waals surface area contributed by atoms with Crippen LogP contribution in [0.25, 0.3) is 10.8 Å². The van der Waals surface area contributed by atoms with Crippen LogP contribution in [0.5, 0.6) is 11.5 Å². The van der Waals surface area contributed by atoms with Gasteiger partial charge >= 0.3 is 5.16 Å². The Hall–Kier alpha value is -3.08. The van der Waals surface area contributed by atoms with Crippen LogP contribution in [0, 0.1) is 13.8 Å². The molecular weight excluding hydrogens is 450 g/mol. The Balaban J connectivity index is 0.000000222. The normalized spacial score (nSPS) is 11.3. The van der Waals surface area contributed by atoms with Gasteiger partial charge in [0, 0.05) is 17.2 Å². The summed E-state index contributed by atoms with van der Waals surface area (Å²) >= 11 is 1.46. The van der Waals surface area contributed by atoms with Gasteiger partial charge in [-0.15, -0.1) is 4.68 Å². The molecule has 0 saturated carbocycles. The van der Waals surface area contributed by atoms with Gasteiger partial charge < -0.3 is 14.8 Å². The van der Waals surface area contributed by atoms with Crippen molar-refractivity contribution in [1.29, 1.82) is 0 Å². The average molecular weight is 474 g/mol. The van der Waals surface area contributed by atoms with Gasteiger partial charge in [0.15, 0.2) is 11.5 Å². The highest BCUT2D eigenvalue weighted by atomic mass is 32.2. The van der Waals surface area contributed by atoms with Crippen LogP contribution >= 0.6 is 11.8 Å². The number of benzene rings is 3. The molecule has 0 unspecified atom stereocenters. The van der Waals surface area contributed by atoms with Gasteiger partial charge in [-0.25, -0.2) is 13.0 Å². The summed E-state index contributed by atoms with van der Waals surface area (Å²) in [5, 5.41) is 26.7. The standard InChI is InChI=1S/C15H15N3O2S.C7H8O3S/c1-9-17(2)15(16-18(9)3)21-13-8-12(19)14(20)11-7-5-4-6-10(11)13;1-6-2-4-7(5-3-6)11(8,9)10/h4-8H,1-3H3,(H-,19,20);2-5H,1H3,(H,8,9,10). The van der Waals surface area contributed by atoms with E-state index in [9.17, 15) is 23.2 Å². The Morgan fingerprint density at radius 1 is 1.03 bits per heavy atom. The molecule has 0 radical (unpaired) electrons. The molecular formula is C22H23N3O5S2. The first-order chi connectivity index (χ1) is 15.0. The van der Waals surface area contributed by atoms with E-state index in [1.807, 2.05) is 55.4 Å². The Labute approximate surface area is 190 Å². The third-order valence-electron chi connectivity index (χ3n) is 4.95. The number of rotatable bonds is 3. The fourth-order valence-electron chi connectivity index (χ4n) is 2.91. The number of aryl methyl sites for hydroxylation is 2. The average Bonchev–Trinajstić information content (AvgIpc) is 2.98. The predicted octanol–water partition coefficient (Wildman–Crippen LogP) is 3.17. The van der Waals surface area contributed by atoms with E-state index in [2.05, 4.69) is 5.10 Å². The first-order valence-corrected chi connectivity index (χ1v) is 11.7. The van der Waals surface area contributed by atoms with Crippen molar-refractivity contribution in [3.05, 3.63) is 66.0 Å². The zero-order chi connectivity index (χ0) is 23.6. The van der Waals surface area contributed by atoms with Crippen molar-refractivity contribution in [3.63, 3.8) is 0 Å². The zero-order valence-electron chi connectivity index (χ0n) is 18.0. The van der Waals surface area contributed by atoms with Crippen LogP contribution in [0.3, 0.4) is 0 Å². The molecule has 0 spiro atoms. The molecule has 32 heavy (non-hydrogen) atoms. The van der Waals surface area contributed by atoms with Gasteiger partial charge in [0.2, 0.25) is 5.82 Å². The molecule has 0 saturated heterocycles. The van der Waals surface area contributed by atoms with Crippen LogP contribution in [0.4, 0.5) is 0 Å². The highest BCUT2D eigenvalue weighted by Gasteiger charge is 2.21. The number of phenols is 2. The van der Waals surface area contributed by atoms with Crippen molar-refractivity contribution in [2.75, 3.05) is 0 Å².